The van der Waals surface area contributed by atoms with Crippen LogP contribution in [0.15, 0.2) is 24.4 Å². The van der Waals surface area contributed by atoms with E-state index in [2.05, 4.69) is 15.6 Å². The van der Waals surface area contributed by atoms with E-state index in [1.54, 1.807) is 12.3 Å². The number of pyridine rings is 1. The molecule has 0 bridgehead atoms. The van der Waals surface area contributed by atoms with Crippen molar-refractivity contribution in [3.05, 3.63) is 24.4 Å². The molecule has 0 aliphatic carbocycles. The highest BCUT2D eigenvalue weighted by atomic mass is 16.2. The van der Waals surface area contributed by atoms with Gasteiger partial charge in [-0.15, -0.1) is 0 Å². The third-order valence-corrected chi connectivity index (χ3v) is 2.78. The van der Waals surface area contributed by atoms with Crippen LogP contribution in [-0.4, -0.2) is 23.0 Å². The number of anilines is 1. The van der Waals surface area contributed by atoms with E-state index in [1.807, 2.05) is 19.1 Å². The lowest BCUT2D eigenvalue weighted by molar-refractivity contribution is -0.121. The Kier molecular flexibility index (Phi) is 2.68. The third kappa shape index (κ3) is 2.15. The Morgan fingerprint density at radius 1 is 1.60 bits per heavy atom. The Bertz CT molecular complexity index is 344. The van der Waals surface area contributed by atoms with E-state index in [0.717, 1.165) is 19.4 Å². The van der Waals surface area contributed by atoms with E-state index >= 15 is 0 Å². The van der Waals surface area contributed by atoms with Gasteiger partial charge in [-0.3, -0.25) is 4.79 Å². The van der Waals surface area contributed by atoms with Crippen molar-refractivity contribution in [2.45, 2.75) is 25.3 Å². The largest absolute Gasteiger partial charge is 0.309 e. The van der Waals surface area contributed by atoms with Crippen LogP contribution in [0, 0.1) is 0 Å². The quantitative estimate of drug-likeness (QED) is 0.761. The number of carbonyl (C=O) groups is 1. The second-order valence-electron chi connectivity index (χ2n) is 4.03. The second-order valence-corrected chi connectivity index (χ2v) is 4.03. The third-order valence-electron chi connectivity index (χ3n) is 2.78. The summed E-state index contributed by atoms with van der Waals surface area (Å²) < 4.78 is 0. The van der Waals surface area contributed by atoms with Crippen molar-refractivity contribution in [1.29, 1.82) is 0 Å². The fourth-order valence-corrected chi connectivity index (χ4v) is 1.78. The number of rotatable bonds is 2. The number of hydrogen-bond donors (Lipinski definition) is 2. The minimum Gasteiger partial charge on any atom is -0.309 e. The van der Waals surface area contributed by atoms with E-state index in [0.29, 0.717) is 5.82 Å². The highest BCUT2D eigenvalue weighted by Gasteiger charge is 2.35. The molecule has 4 nitrogen and oxygen atoms in total. The van der Waals surface area contributed by atoms with Gasteiger partial charge in [-0.25, -0.2) is 4.98 Å². The Hall–Kier alpha value is -1.42. The first-order valence-corrected chi connectivity index (χ1v) is 5.18. The van der Waals surface area contributed by atoms with Gasteiger partial charge in [0.15, 0.2) is 0 Å². The Morgan fingerprint density at radius 2 is 2.47 bits per heavy atom. The molecule has 1 aromatic rings. The lowest BCUT2D eigenvalue weighted by Crippen LogP contribution is -2.48. The molecule has 0 aromatic carbocycles. The number of hydrogen-bond acceptors (Lipinski definition) is 3. The minimum atomic E-state index is -0.433. The number of aromatic nitrogens is 1. The molecule has 80 valence electrons. The van der Waals surface area contributed by atoms with Gasteiger partial charge in [-0.1, -0.05) is 6.07 Å². The van der Waals surface area contributed by atoms with Crippen LogP contribution < -0.4 is 10.6 Å². The number of nitrogens with one attached hydrogen (secondary N) is 2. The first-order valence-electron chi connectivity index (χ1n) is 5.18. The first-order chi connectivity index (χ1) is 7.21. The standard InChI is InChI=1S/C11H15N3O/c1-11(6-4-8-13-11)10(15)14-9-5-2-3-7-12-9/h2-3,5,7,13H,4,6,8H2,1H3,(H,12,14,15). The lowest BCUT2D eigenvalue weighted by Gasteiger charge is -2.22. The van der Waals surface area contributed by atoms with E-state index in [-0.39, 0.29) is 5.91 Å². The first kappa shape index (κ1) is 10.1. The summed E-state index contributed by atoms with van der Waals surface area (Å²) in [5.74, 6) is 0.608. The molecule has 15 heavy (non-hydrogen) atoms. The normalized spacial score (nSPS) is 25.1. The SMILES string of the molecule is CC1(C(=O)Nc2ccccn2)CCCN1. The molecule has 2 rings (SSSR count). The molecule has 2 N–H and O–H groups in total. The molecule has 1 aliphatic rings. The monoisotopic (exact) mass is 205 g/mol. The van der Waals surface area contributed by atoms with E-state index in [9.17, 15) is 4.79 Å². The van der Waals surface area contributed by atoms with Gasteiger partial charge < -0.3 is 10.6 Å². The highest BCUT2D eigenvalue weighted by Crippen LogP contribution is 2.19. The molecule has 0 saturated carbocycles. The van der Waals surface area contributed by atoms with Crippen molar-refractivity contribution in [3.8, 4) is 0 Å². The van der Waals surface area contributed by atoms with Crippen molar-refractivity contribution >= 4 is 11.7 Å². The summed E-state index contributed by atoms with van der Waals surface area (Å²) in [6.45, 7) is 2.84. The summed E-state index contributed by atoms with van der Waals surface area (Å²) in [6, 6.07) is 5.47. The maximum Gasteiger partial charge on any atom is 0.245 e. The second kappa shape index (κ2) is 3.98. The zero-order valence-electron chi connectivity index (χ0n) is 8.79. The molecule has 0 spiro atoms. The summed E-state index contributed by atoms with van der Waals surface area (Å²) >= 11 is 0. The maximum absolute atomic E-state index is 11.9. The Labute approximate surface area is 89.1 Å². The van der Waals surface area contributed by atoms with Crippen molar-refractivity contribution < 1.29 is 4.79 Å². The van der Waals surface area contributed by atoms with Crippen LogP contribution in [0.25, 0.3) is 0 Å². The average molecular weight is 205 g/mol. The molecule has 1 saturated heterocycles. The molecule has 1 atom stereocenters. The van der Waals surface area contributed by atoms with Gasteiger partial charge in [-0.05, 0) is 38.4 Å². The number of amides is 1. The molecule has 0 radical (unpaired) electrons. The fourth-order valence-electron chi connectivity index (χ4n) is 1.78. The number of nitrogens with zero attached hydrogens (tertiary/aromatic N) is 1. The molecule has 1 aliphatic heterocycles. The van der Waals surface area contributed by atoms with Crippen LogP contribution in [0.5, 0.6) is 0 Å². The van der Waals surface area contributed by atoms with Gasteiger partial charge in [0.25, 0.3) is 0 Å². The zero-order chi connectivity index (χ0) is 10.7. The van der Waals surface area contributed by atoms with E-state index in [1.165, 1.54) is 0 Å². The molecule has 4 heteroatoms. The fraction of sp³-hybridized carbons (Fsp3) is 0.455. The molecule has 1 aromatic heterocycles. The average Bonchev–Trinajstić information content (AvgIpc) is 2.68. The highest BCUT2D eigenvalue weighted by molar-refractivity contribution is 5.97. The van der Waals surface area contributed by atoms with E-state index in [4.69, 9.17) is 0 Å². The van der Waals surface area contributed by atoms with Crippen LogP contribution in [0.1, 0.15) is 19.8 Å². The Morgan fingerprint density at radius 3 is 3.07 bits per heavy atom. The Balaban J connectivity index is 2.04. The predicted molar refractivity (Wildman–Crippen MR) is 58.5 cm³/mol. The van der Waals surface area contributed by atoms with Gasteiger partial charge in [-0.2, -0.15) is 0 Å². The number of carbonyl (C=O) groups excluding carboxylic acids is 1. The summed E-state index contributed by atoms with van der Waals surface area (Å²) in [4.78, 5) is 16.0. The summed E-state index contributed by atoms with van der Waals surface area (Å²) in [7, 11) is 0. The molecule has 1 fully saturated rings. The predicted octanol–water partition coefficient (Wildman–Crippen LogP) is 1.16. The molecule has 1 amide bonds. The van der Waals surface area contributed by atoms with Crippen LogP contribution in [0.3, 0.4) is 0 Å². The van der Waals surface area contributed by atoms with E-state index < -0.39 is 5.54 Å². The van der Waals surface area contributed by atoms with Crippen molar-refractivity contribution in [2.75, 3.05) is 11.9 Å². The van der Waals surface area contributed by atoms with Crippen molar-refractivity contribution in [3.63, 3.8) is 0 Å². The summed E-state index contributed by atoms with van der Waals surface area (Å²) in [5, 5.41) is 6.02. The smallest absolute Gasteiger partial charge is 0.245 e. The molecular formula is C11H15N3O. The molecule has 1 unspecified atom stereocenters. The summed E-state index contributed by atoms with van der Waals surface area (Å²) in [6.07, 6.45) is 3.60. The van der Waals surface area contributed by atoms with Gasteiger partial charge in [0, 0.05) is 6.20 Å². The van der Waals surface area contributed by atoms with Crippen molar-refractivity contribution in [2.24, 2.45) is 0 Å². The molecular weight excluding hydrogens is 190 g/mol. The lowest BCUT2D eigenvalue weighted by atomic mass is 9.99. The van der Waals surface area contributed by atoms with Gasteiger partial charge in [0.2, 0.25) is 5.91 Å². The van der Waals surface area contributed by atoms with Crippen LogP contribution in [0.2, 0.25) is 0 Å². The molecule has 2 heterocycles. The van der Waals surface area contributed by atoms with Crippen LogP contribution in [0.4, 0.5) is 5.82 Å². The summed E-state index contributed by atoms with van der Waals surface area (Å²) in [5.41, 5.74) is -0.433. The van der Waals surface area contributed by atoms with Crippen LogP contribution in [-0.2, 0) is 4.79 Å². The van der Waals surface area contributed by atoms with Crippen molar-refractivity contribution in [1.82, 2.24) is 10.3 Å². The van der Waals surface area contributed by atoms with Gasteiger partial charge in [0.05, 0.1) is 5.54 Å². The van der Waals surface area contributed by atoms with Gasteiger partial charge >= 0.3 is 0 Å². The topological polar surface area (TPSA) is 54.0 Å². The zero-order valence-corrected chi connectivity index (χ0v) is 8.79. The van der Waals surface area contributed by atoms with Gasteiger partial charge in [0.1, 0.15) is 5.82 Å². The van der Waals surface area contributed by atoms with Crippen LogP contribution >= 0.6 is 0 Å². The maximum atomic E-state index is 11.9. The minimum absolute atomic E-state index is 0.00120.